The van der Waals surface area contributed by atoms with Crippen LogP contribution in [0.3, 0.4) is 0 Å². The Labute approximate surface area is 629 Å². The number of nitrogens with one attached hydrogen (secondary N) is 4. The molecule has 5 aliphatic rings. The van der Waals surface area contributed by atoms with Crippen molar-refractivity contribution in [3.8, 4) is 48.6 Å². The highest BCUT2D eigenvalue weighted by atomic mass is 32.1. The standard InChI is InChI=1S/C23H22N4O3S.C20H26N4O3S.C16H19N3O4S.C15H17N3O4S.H2/c1-15-20(31-22(25-15)26-16(2)28)18-8-9-19(30-18)21(29)27-12-10-23(14-24,11-13-27)17-6-4-3-5-7-17;1-13-18(28-20(21-13)22-14(2)25)16-5-6-17(27-16)19(26)24-11-7-15(8-12-24)23-9-3-4-10-23;1-9-14(24-16(17-9)18-10(2)20)12-5-6-13(23-12)15(22)19-7-3-4-11(21)8-19;1-8-13(23-15(16-8)17-9(2)19)11-3-4-12(22-11)14(21)18-6-5-10(20)7-18;/h3-9H,10-13H2,1-2H3,(H,25,26,28);5-6,15H,3-4,7-12H2,1-2H3,(H,21,22,25);5-6,11,21H,3-4,7-8H2,1-2H3,(H,17,18,20);3-4,10,20H,5-7H2,1-2H3,(H,16,17,19);1H. The molecule has 5 saturated heterocycles. The second kappa shape index (κ2) is 34.5. The van der Waals surface area contributed by atoms with E-state index in [4.69, 9.17) is 17.7 Å². The minimum absolute atomic E-state index is 0. The van der Waals surface area contributed by atoms with Crippen LogP contribution >= 0.6 is 45.3 Å². The maximum atomic E-state index is 13.0. The summed E-state index contributed by atoms with van der Waals surface area (Å²) >= 11 is 5.25. The number of thiazole rings is 4. The number of carbonyl (C=O) groups is 8. The van der Waals surface area contributed by atoms with Gasteiger partial charge >= 0.3 is 0 Å². The van der Waals surface area contributed by atoms with Crippen molar-refractivity contribution < 1.29 is 67.7 Å². The molecule has 28 nitrogen and oxygen atoms in total. The summed E-state index contributed by atoms with van der Waals surface area (Å²) in [4.78, 5) is 125. The number of nitrogens with zero attached hydrogens (tertiary/aromatic N) is 10. The summed E-state index contributed by atoms with van der Waals surface area (Å²) < 4.78 is 23.1. The van der Waals surface area contributed by atoms with Crippen LogP contribution in [0.1, 0.15) is 157 Å². The average molecular weight is 1520 g/mol. The molecule has 0 spiro atoms. The molecule has 2 unspecified atom stereocenters. The number of β-amino-alcohol motifs (C(OH)–C–C–N with tert-alkyl or cyclic N) is 2. The van der Waals surface area contributed by atoms with E-state index in [0.29, 0.717) is 114 Å². The SMILES string of the molecule is CC(=O)Nc1nc(C)c(-c2ccc(C(=O)N3CCC(C#N)(c4ccccc4)CC3)o2)s1.CC(=O)Nc1nc(C)c(-c2ccc(C(=O)N3CCC(N4CCCC4)CC3)o2)s1.CC(=O)Nc1nc(C)c(-c2ccc(C(=O)N3CCC(O)C3)o2)s1.CC(=O)Nc1nc(C)c(-c2ccc(C(=O)N3CCCC(O)C3)o2)s1.[HH]. The quantitative estimate of drug-likeness (QED) is 0.0589. The lowest BCUT2D eigenvalue weighted by molar-refractivity contribution is -0.115. The van der Waals surface area contributed by atoms with E-state index in [2.05, 4.69) is 52.2 Å². The number of rotatable bonds is 14. The highest BCUT2D eigenvalue weighted by Crippen LogP contribution is 2.40. The van der Waals surface area contributed by atoms with E-state index in [1.807, 2.05) is 69.0 Å². The van der Waals surface area contributed by atoms with Gasteiger partial charge in [-0.2, -0.15) is 5.26 Å². The van der Waals surface area contributed by atoms with Crippen molar-refractivity contribution in [2.75, 3.05) is 86.7 Å². The molecule has 5 fully saturated rings. The Bertz CT molecular complexity index is 4690. The fraction of sp³-hybridized carbons (Fsp3) is 0.419. The Morgan fingerprint density at radius 2 is 0.774 bits per heavy atom. The van der Waals surface area contributed by atoms with Crippen molar-refractivity contribution in [3.05, 3.63) is 130 Å². The molecule has 0 radical (unpaired) electrons. The van der Waals surface area contributed by atoms with E-state index >= 15 is 0 Å². The van der Waals surface area contributed by atoms with Crippen LogP contribution in [0.5, 0.6) is 0 Å². The molecule has 0 saturated carbocycles. The number of anilines is 4. The number of hydrogen-bond acceptors (Lipinski definition) is 24. The van der Waals surface area contributed by atoms with Crippen LogP contribution in [0.25, 0.3) is 42.5 Å². The molecule has 0 aliphatic carbocycles. The van der Waals surface area contributed by atoms with Gasteiger partial charge in [-0.15, -0.1) is 0 Å². The molecule has 1 aromatic carbocycles. The molecule has 0 bridgehead atoms. The molecule has 8 amide bonds. The molecular weight excluding hydrogens is 1440 g/mol. The van der Waals surface area contributed by atoms with E-state index in [1.165, 1.54) is 99.0 Å². The number of carbonyl (C=O) groups excluding carboxylic acids is 8. The highest BCUT2D eigenvalue weighted by molar-refractivity contribution is 7.20. The second-order valence-electron chi connectivity index (χ2n) is 26.5. The predicted molar refractivity (Wildman–Crippen MR) is 404 cm³/mol. The lowest BCUT2D eigenvalue weighted by atomic mass is 9.74. The Morgan fingerprint density at radius 1 is 0.443 bits per heavy atom. The van der Waals surface area contributed by atoms with Gasteiger partial charge in [0, 0.05) is 87.5 Å². The Kier molecular flexibility index (Phi) is 25.1. The van der Waals surface area contributed by atoms with Crippen molar-refractivity contribution in [3.63, 3.8) is 0 Å². The summed E-state index contributed by atoms with van der Waals surface area (Å²) in [6, 6.07) is 26.5. The molecule has 2 atom stereocenters. The highest BCUT2D eigenvalue weighted by Gasteiger charge is 2.39. The fourth-order valence-corrected chi connectivity index (χ4v) is 17.1. The number of aliphatic hydroxyl groups excluding tert-OH is 2. The third-order valence-electron chi connectivity index (χ3n) is 18.5. The van der Waals surface area contributed by atoms with Crippen LogP contribution < -0.4 is 21.3 Å². The normalized spacial score (nSPS) is 17.2. The average Bonchev–Trinajstić information content (AvgIpc) is 1.21. The maximum Gasteiger partial charge on any atom is 0.289 e. The van der Waals surface area contributed by atoms with Crippen LogP contribution in [-0.4, -0.2) is 186 Å². The van der Waals surface area contributed by atoms with Gasteiger partial charge in [0.05, 0.1) is 66.0 Å². The first-order valence-electron chi connectivity index (χ1n) is 35.0. The van der Waals surface area contributed by atoms with Crippen LogP contribution in [-0.2, 0) is 24.6 Å². The molecule has 13 heterocycles. The molecule has 5 aliphatic heterocycles. The third-order valence-corrected chi connectivity index (χ3v) is 22.8. The molecule has 560 valence electrons. The zero-order chi connectivity index (χ0) is 75.5. The first kappa shape index (κ1) is 77.1. The summed E-state index contributed by atoms with van der Waals surface area (Å²) in [6.45, 7) is 19.8. The first-order valence-corrected chi connectivity index (χ1v) is 38.2. The van der Waals surface area contributed by atoms with Gasteiger partial charge in [0.25, 0.3) is 23.6 Å². The number of aliphatic hydroxyl groups is 2. The Morgan fingerprint density at radius 3 is 1.11 bits per heavy atom. The number of furan rings is 4. The number of aromatic nitrogens is 4. The van der Waals surface area contributed by atoms with Crippen molar-refractivity contribution in [1.29, 1.82) is 5.26 Å². The minimum atomic E-state index is -0.563. The van der Waals surface area contributed by atoms with E-state index in [9.17, 15) is 53.8 Å². The number of hydrogen-bond donors (Lipinski definition) is 6. The summed E-state index contributed by atoms with van der Waals surface area (Å²) in [7, 11) is 0. The summed E-state index contributed by atoms with van der Waals surface area (Å²) in [5, 5.41) is 41.7. The fourth-order valence-electron chi connectivity index (χ4n) is 13.2. The zero-order valence-electron chi connectivity index (χ0n) is 60.1. The summed E-state index contributed by atoms with van der Waals surface area (Å²) in [6.07, 6.45) is 7.01. The van der Waals surface area contributed by atoms with Gasteiger partial charge in [-0.3, -0.25) is 38.4 Å². The van der Waals surface area contributed by atoms with Crippen molar-refractivity contribution in [2.24, 2.45) is 0 Å². The van der Waals surface area contributed by atoms with E-state index in [1.54, 1.807) is 57.2 Å². The smallest absolute Gasteiger partial charge is 0.289 e. The number of benzene rings is 1. The summed E-state index contributed by atoms with van der Waals surface area (Å²) in [5.41, 5.74) is 3.39. The maximum absolute atomic E-state index is 13.0. The van der Waals surface area contributed by atoms with Gasteiger partial charge in [0.15, 0.2) is 43.6 Å². The molecule has 8 aromatic heterocycles. The molecule has 14 rings (SSSR count). The topological polar surface area (TPSA) is 369 Å². The van der Waals surface area contributed by atoms with Gasteiger partial charge in [-0.25, -0.2) is 19.9 Å². The lowest BCUT2D eigenvalue weighted by Crippen LogP contribution is -2.45. The van der Waals surface area contributed by atoms with Crippen LogP contribution in [0.4, 0.5) is 20.5 Å². The molecule has 6 N–H and O–H groups in total. The zero-order valence-corrected chi connectivity index (χ0v) is 63.3. The van der Waals surface area contributed by atoms with E-state index in [-0.39, 0.29) is 66.0 Å². The third kappa shape index (κ3) is 19.0. The monoisotopic (exact) mass is 1520 g/mol. The molecule has 9 aromatic rings. The largest absolute Gasteiger partial charge is 0.450 e. The lowest BCUT2D eigenvalue weighted by Gasteiger charge is -2.37. The number of aryl methyl sites for hydroxylation is 4. The van der Waals surface area contributed by atoms with Crippen molar-refractivity contribution >= 4 is 113 Å². The van der Waals surface area contributed by atoms with Gasteiger partial charge < -0.3 is 73.6 Å². The van der Waals surface area contributed by atoms with E-state index in [0.717, 1.165) is 86.6 Å². The van der Waals surface area contributed by atoms with Crippen LogP contribution in [0, 0.1) is 39.0 Å². The number of amides is 8. The van der Waals surface area contributed by atoms with Gasteiger partial charge in [0.1, 0.15) is 23.0 Å². The Hall–Kier alpha value is -10.0. The van der Waals surface area contributed by atoms with Crippen LogP contribution in [0.15, 0.2) is 96.5 Å². The number of piperidine rings is 3. The Balaban J connectivity index is 0.000000153. The van der Waals surface area contributed by atoms with Crippen molar-refractivity contribution in [2.45, 2.75) is 137 Å². The summed E-state index contributed by atoms with van der Waals surface area (Å²) in [5.74, 6) is 1.95. The molecule has 32 heteroatoms. The van der Waals surface area contributed by atoms with Crippen molar-refractivity contribution in [1.82, 2.24) is 44.4 Å². The predicted octanol–water partition coefficient (Wildman–Crippen LogP) is 12.1. The van der Waals surface area contributed by atoms with Crippen LogP contribution in [0.2, 0.25) is 0 Å². The van der Waals surface area contributed by atoms with E-state index < -0.39 is 17.6 Å². The van der Waals surface area contributed by atoms with Gasteiger partial charge in [0.2, 0.25) is 23.6 Å². The molecule has 106 heavy (non-hydrogen) atoms. The molecular formula is C74H86N14O14S4. The van der Waals surface area contributed by atoms with Gasteiger partial charge in [-0.05, 0) is 153 Å². The first-order chi connectivity index (χ1) is 50.8. The second-order valence-corrected chi connectivity index (χ2v) is 30.5. The van der Waals surface area contributed by atoms with Gasteiger partial charge in [-0.1, -0.05) is 75.7 Å². The number of likely N-dealkylation sites (tertiary alicyclic amines) is 5. The number of nitriles is 1. The minimum Gasteiger partial charge on any atom is -0.450 e.